The van der Waals surface area contributed by atoms with Crippen LogP contribution in [0.1, 0.15) is 17.0 Å². The lowest BCUT2D eigenvalue weighted by molar-refractivity contribution is -0.387. The highest BCUT2D eigenvalue weighted by atomic mass is 32.2. The van der Waals surface area contributed by atoms with Crippen LogP contribution in [-0.4, -0.2) is 9.91 Å². The quantitative estimate of drug-likeness (QED) is 0.486. The van der Waals surface area contributed by atoms with Gasteiger partial charge in [0, 0.05) is 17.4 Å². The number of rotatable bonds is 4. The normalized spacial score (nSPS) is 10.7. The molecule has 0 bridgehead atoms. The molecular formula is C12H11FN2O3S. The molecule has 2 aromatic rings. The van der Waals surface area contributed by atoms with E-state index >= 15 is 0 Å². The molecular weight excluding hydrogens is 271 g/mol. The van der Waals surface area contributed by atoms with Crippen LogP contribution in [0, 0.1) is 29.8 Å². The summed E-state index contributed by atoms with van der Waals surface area (Å²) in [6, 6.07) is 4.12. The van der Waals surface area contributed by atoms with Gasteiger partial charge in [-0.25, -0.2) is 4.98 Å². The second-order valence-electron chi connectivity index (χ2n) is 3.92. The molecule has 0 saturated carbocycles. The summed E-state index contributed by atoms with van der Waals surface area (Å²) < 4.78 is 19.2. The molecule has 0 radical (unpaired) electrons. The number of halogens is 1. The van der Waals surface area contributed by atoms with Crippen LogP contribution in [0.2, 0.25) is 0 Å². The number of aromatic nitrogens is 1. The SMILES string of the molecule is Cc1nc(SCc2cccc([N+](=O)[O-])c2F)oc1C. The van der Waals surface area contributed by atoms with Gasteiger partial charge in [-0.3, -0.25) is 10.1 Å². The minimum atomic E-state index is -0.806. The van der Waals surface area contributed by atoms with Crippen LogP contribution < -0.4 is 0 Å². The predicted octanol–water partition coefficient (Wildman–Crippen LogP) is 3.63. The maximum Gasteiger partial charge on any atom is 0.305 e. The minimum Gasteiger partial charge on any atom is -0.437 e. The van der Waals surface area contributed by atoms with Crippen molar-refractivity contribution >= 4 is 17.4 Å². The Morgan fingerprint density at radius 3 is 2.79 bits per heavy atom. The van der Waals surface area contributed by atoms with Gasteiger partial charge in [-0.05, 0) is 13.8 Å². The number of hydrogen-bond donors (Lipinski definition) is 0. The van der Waals surface area contributed by atoms with E-state index in [-0.39, 0.29) is 11.3 Å². The lowest BCUT2D eigenvalue weighted by Gasteiger charge is -2.01. The molecule has 0 aliphatic carbocycles. The van der Waals surface area contributed by atoms with E-state index in [1.165, 1.54) is 23.9 Å². The third-order valence-electron chi connectivity index (χ3n) is 2.62. The van der Waals surface area contributed by atoms with Gasteiger partial charge in [0.2, 0.25) is 5.82 Å². The Labute approximate surface area is 113 Å². The first-order valence-electron chi connectivity index (χ1n) is 5.47. The van der Waals surface area contributed by atoms with Crippen molar-refractivity contribution in [2.45, 2.75) is 24.8 Å². The summed E-state index contributed by atoms with van der Waals surface area (Å²) in [6.45, 7) is 3.61. The molecule has 1 aromatic carbocycles. The molecule has 0 spiro atoms. The van der Waals surface area contributed by atoms with E-state index in [4.69, 9.17) is 4.42 Å². The van der Waals surface area contributed by atoms with Gasteiger partial charge in [0.1, 0.15) is 5.76 Å². The summed E-state index contributed by atoms with van der Waals surface area (Å²) >= 11 is 1.20. The Bertz CT molecular complexity index is 608. The fourth-order valence-corrected chi connectivity index (χ4v) is 2.35. The Balaban J connectivity index is 2.16. The van der Waals surface area contributed by atoms with Gasteiger partial charge < -0.3 is 4.42 Å². The molecule has 5 nitrogen and oxygen atoms in total. The summed E-state index contributed by atoms with van der Waals surface area (Å²) in [4.78, 5) is 14.0. The molecule has 0 fully saturated rings. The fourth-order valence-electron chi connectivity index (χ4n) is 1.46. The lowest BCUT2D eigenvalue weighted by Crippen LogP contribution is -1.96. The van der Waals surface area contributed by atoms with E-state index < -0.39 is 16.4 Å². The van der Waals surface area contributed by atoms with Crippen molar-refractivity contribution in [2.75, 3.05) is 0 Å². The van der Waals surface area contributed by atoms with Crippen molar-refractivity contribution in [1.82, 2.24) is 4.98 Å². The standard InChI is InChI=1S/C12H11FN2O3S/c1-7-8(2)18-12(14-7)19-6-9-4-3-5-10(11(9)13)15(16)17/h3-5H,6H2,1-2H3. The fraction of sp³-hybridized carbons (Fsp3) is 0.250. The number of oxazole rings is 1. The average molecular weight is 282 g/mol. The van der Waals surface area contributed by atoms with Gasteiger partial charge in [-0.1, -0.05) is 23.9 Å². The topological polar surface area (TPSA) is 69.2 Å². The summed E-state index contributed by atoms with van der Waals surface area (Å²) in [5, 5.41) is 11.1. The first-order chi connectivity index (χ1) is 8.99. The van der Waals surface area contributed by atoms with Crippen molar-refractivity contribution in [1.29, 1.82) is 0 Å². The van der Waals surface area contributed by atoms with Crippen LogP contribution >= 0.6 is 11.8 Å². The zero-order chi connectivity index (χ0) is 14.0. The van der Waals surface area contributed by atoms with Gasteiger partial charge >= 0.3 is 5.69 Å². The lowest BCUT2D eigenvalue weighted by atomic mass is 10.2. The summed E-state index contributed by atoms with van der Waals surface area (Å²) in [6.07, 6.45) is 0. The van der Waals surface area contributed by atoms with Gasteiger partial charge in [-0.2, -0.15) is 4.39 Å². The largest absolute Gasteiger partial charge is 0.437 e. The molecule has 0 aliphatic rings. The second-order valence-corrected chi connectivity index (χ2v) is 4.84. The van der Waals surface area contributed by atoms with Crippen molar-refractivity contribution in [2.24, 2.45) is 0 Å². The molecule has 1 heterocycles. The van der Waals surface area contributed by atoms with Crippen LogP contribution in [0.5, 0.6) is 0 Å². The molecule has 7 heteroatoms. The third-order valence-corrected chi connectivity index (χ3v) is 3.49. The molecule has 0 aliphatic heterocycles. The third kappa shape index (κ3) is 2.93. The van der Waals surface area contributed by atoms with E-state index in [1.807, 2.05) is 6.92 Å². The van der Waals surface area contributed by atoms with Gasteiger partial charge in [0.25, 0.3) is 5.22 Å². The zero-order valence-electron chi connectivity index (χ0n) is 10.3. The van der Waals surface area contributed by atoms with Gasteiger partial charge in [0.15, 0.2) is 0 Å². The van der Waals surface area contributed by atoms with Crippen LogP contribution in [0.3, 0.4) is 0 Å². The number of aryl methyl sites for hydroxylation is 2. The van der Waals surface area contributed by atoms with Crippen LogP contribution in [0.25, 0.3) is 0 Å². The number of nitrogens with zero attached hydrogens (tertiary/aromatic N) is 2. The highest BCUT2D eigenvalue weighted by molar-refractivity contribution is 7.98. The van der Waals surface area contributed by atoms with Crippen molar-refractivity contribution in [3.05, 3.63) is 51.1 Å². The Kier molecular flexibility index (Phi) is 3.84. The number of benzene rings is 1. The average Bonchev–Trinajstić information content (AvgIpc) is 2.67. The predicted molar refractivity (Wildman–Crippen MR) is 68.6 cm³/mol. The van der Waals surface area contributed by atoms with E-state index in [2.05, 4.69) is 4.98 Å². The summed E-state index contributed by atoms with van der Waals surface area (Å²) in [5.74, 6) is 0.134. The monoisotopic (exact) mass is 282 g/mol. The van der Waals surface area contributed by atoms with Crippen molar-refractivity contribution in [3.63, 3.8) is 0 Å². The zero-order valence-corrected chi connectivity index (χ0v) is 11.2. The number of nitro groups is 1. The Morgan fingerprint density at radius 1 is 1.47 bits per heavy atom. The highest BCUT2D eigenvalue weighted by Gasteiger charge is 2.17. The molecule has 2 rings (SSSR count). The molecule has 100 valence electrons. The first-order valence-corrected chi connectivity index (χ1v) is 6.46. The van der Waals surface area contributed by atoms with Crippen LogP contribution in [-0.2, 0) is 5.75 Å². The number of thioether (sulfide) groups is 1. The smallest absolute Gasteiger partial charge is 0.305 e. The first kappa shape index (κ1) is 13.5. The molecule has 1 aromatic heterocycles. The number of hydrogen-bond acceptors (Lipinski definition) is 5. The maximum atomic E-state index is 13.8. The van der Waals surface area contributed by atoms with Crippen molar-refractivity contribution in [3.8, 4) is 0 Å². The Hall–Kier alpha value is -1.89. The van der Waals surface area contributed by atoms with Crippen LogP contribution in [0.4, 0.5) is 10.1 Å². The second kappa shape index (κ2) is 5.40. The molecule has 0 amide bonds. The molecule has 0 saturated heterocycles. The summed E-state index contributed by atoms with van der Waals surface area (Å²) in [5.41, 5.74) is 0.521. The molecule has 19 heavy (non-hydrogen) atoms. The van der Waals surface area contributed by atoms with E-state index in [9.17, 15) is 14.5 Å². The molecule has 0 atom stereocenters. The van der Waals surface area contributed by atoms with Gasteiger partial charge in [-0.15, -0.1) is 0 Å². The van der Waals surface area contributed by atoms with Crippen molar-refractivity contribution < 1.29 is 13.7 Å². The highest BCUT2D eigenvalue weighted by Crippen LogP contribution is 2.28. The van der Waals surface area contributed by atoms with E-state index in [0.717, 1.165) is 11.8 Å². The van der Waals surface area contributed by atoms with E-state index in [0.29, 0.717) is 11.0 Å². The molecule has 0 unspecified atom stereocenters. The van der Waals surface area contributed by atoms with E-state index in [1.54, 1.807) is 6.92 Å². The number of nitro benzene ring substituents is 1. The molecule has 0 N–H and O–H groups in total. The summed E-state index contributed by atoms with van der Waals surface area (Å²) in [7, 11) is 0. The van der Waals surface area contributed by atoms with Gasteiger partial charge in [0.05, 0.1) is 10.6 Å². The minimum absolute atomic E-state index is 0.229. The maximum absolute atomic E-state index is 13.8. The Morgan fingerprint density at radius 2 is 2.21 bits per heavy atom. The van der Waals surface area contributed by atoms with Crippen LogP contribution in [0.15, 0.2) is 27.8 Å².